The molecule has 0 amide bonds. The molecule has 0 aromatic heterocycles. The van der Waals surface area contributed by atoms with Gasteiger partial charge in [0.1, 0.15) is 4.90 Å². The predicted octanol–water partition coefficient (Wildman–Crippen LogP) is 4.39. The number of hydrogen-bond acceptors (Lipinski definition) is 6. The molecule has 0 unspecified atom stereocenters. The molecule has 0 heterocycles. The van der Waals surface area contributed by atoms with Crippen LogP contribution in [-0.2, 0) is 20.2 Å². The first-order valence-corrected chi connectivity index (χ1v) is 13.4. The number of aliphatic imine (C=N–C) groups is 1. The lowest BCUT2D eigenvalue weighted by Crippen LogP contribution is -2.09. The fraction of sp³-hybridized carbons (Fsp3) is 0.208. The van der Waals surface area contributed by atoms with E-state index in [9.17, 15) is 25.9 Å². The molecular weight excluding hydrogens is 476 g/mol. The zero-order valence-electron chi connectivity index (χ0n) is 19.0. The van der Waals surface area contributed by atoms with Crippen molar-refractivity contribution < 1.29 is 25.9 Å². The van der Waals surface area contributed by atoms with Gasteiger partial charge in [-0.2, -0.15) is 16.8 Å². The highest BCUT2D eigenvalue weighted by Crippen LogP contribution is 2.36. The molecule has 1 aliphatic rings. The van der Waals surface area contributed by atoms with Crippen LogP contribution in [0.4, 0.5) is 5.69 Å². The molecule has 0 bridgehead atoms. The van der Waals surface area contributed by atoms with Crippen LogP contribution >= 0.6 is 0 Å². The van der Waals surface area contributed by atoms with Gasteiger partial charge in [-0.1, -0.05) is 24.3 Å². The molecule has 0 fully saturated rings. The van der Waals surface area contributed by atoms with Gasteiger partial charge in [-0.15, -0.1) is 0 Å². The summed E-state index contributed by atoms with van der Waals surface area (Å²) in [5.41, 5.74) is 4.37. The highest BCUT2D eigenvalue weighted by atomic mass is 32.2. The summed E-state index contributed by atoms with van der Waals surface area (Å²) in [5.74, 6) is 0. The zero-order chi connectivity index (χ0) is 25.1. The van der Waals surface area contributed by atoms with E-state index in [-0.39, 0.29) is 5.56 Å². The van der Waals surface area contributed by atoms with Crippen LogP contribution in [0.15, 0.2) is 86.6 Å². The van der Waals surface area contributed by atoms with Crippen molar-refractivity contribution >= 4 is 37.2 Å². The number of benzene rings is 2. The van der Waals surface area contributed by atoms with Crippen LogP contribution in [0.2, 0.25) is 0 Å². The minimum atomic E-state index is -4.85. The topological polar surface area (TPSA) is 133 Å². The molecule has 1 aliphatic carbocycles. The highest BCUT2D eigenvalue weighted by molar-refractivity contribution is 7.86. The first kappa shape index (κ1) is 25.6. The van der Waals surface area contributed by atoms with Crippen molar-refractivity contribution in [2.75, 3.05) is 18.4 Å². The molecule has 8 nitrogen and oxygen atoms in total. The Hall–Kier alpha value is -3.05. The molecule has 0 radical (unpaired) electrons. The van der Waals surface area contributed by atoms with Crippen molar-refractivity contribution in [2.24, 2.45) is 4.99 Å². The minimum Gasteiger partial charge on any atom is -0.385 e. The third-order valence-electron chi connectivity index (χ3n) is 5.17. The van der Waals surface area contributed by atoms with E-state index < -0.39 is 30.0 Å². The minimum absolute atomic E-state index is 0.0886. The van der Waals surface area contributed by atoms with Crippen LogP contribution in [0.3, 0.4) is 0 Å². The quantitative estimate of drug-likeness (QED) is 0.478. The van der Waals surface area contributed by atoms with Gasteiger partial charge in [-0.05, 0) is 79.5 Å². The molecule has 0 aliphatic heterocycles. The van der Waals surface area contributed by atoms with Crippen LogP contribution in [0, 0.1) is 0 Å². The van der Waals surface area contributed by atoms with Crippen molar-refractivity contribution in [1.29, 1.82) is 0 Å². The fourth-order valence-corrected chi connectivity index (χ4v) is 4.98. The lowest BCUT2D eigenvalue weighted by Gasteiger charge is -2.18. The van der Waals surface area contributed by atoms with E-state index in [1.807, 2.05) is 45.1 Å². The fourth-order valence-electron chi connectivity index (χ4n) is 3.68. The van der Waals surface area contributed by atoms with Crippen LogP contribution < -0.4 is 5.32 Å². The van der Waals surface area contributed by atoms with E-state index >= 15 is 0 Å². The summed E-state index contributed by atoms with van der Waals surface area (Å²) in [7, 11) is -9.54. The highest BCUT2D eigenvalue weighted by Gasteiger charge is 2.25. The maximum atomic E-state index is 12.3. The van der Waals surface area contributed by atoms with Crippen LogP contribution in [0.25, 0.3) is 5.57 Å². The van der Waals surface area contributed by atoms with Gasteiger partial charge in [0, 0.05) is 24.3 Å². The average molecular weight is 503 g/mol. The van der Waals surface area contributed by atoms with E-state index in [4.69, 9.17) is 0 Å². The summed E-state index contributed by atoms with van der Waals surface area (Å²) >= 11 is 0. The number of hydrogen-bond donors (Lipinski definition) is 3. The number of nitrogens with zero attached hydrogens (tertiary/aromatic N) is 1. The number of rotatable bonds is 7. The molecule has 2 aromatic rings. The maximum Gasteiger partial charge on any atom is 0.295 e. The van der Waals surface area contributed by atoms with Crippen molar-refractivity contribution in [3.8, 4) is 0 Å². The molecule has 3 rings (SSSR count). The van der Waals surface area contributed by atoms with Gasteiger partial charge >= 0.3 is 0 Å². The van der Waals surface area contributed by atoms with E-state index in [1.165, 1.54) is 6.07 Å². The van der Waals surface area contributed by atoms with Crippen LogP contribution in [0.1, 0.15) is 31.9 Å². The molecule has 0 saturated carbocycles. The van der Waals surface area contributed by atoms with Crippen molar-refractivity contribution in [2.45, 2.75) is 30.6 Å². The Kier molecular flexibility index (Phi) is 7.57. The molecular formula is C24H26N2O6S2. The van der Waals surface area contributed by atoms with E-state index in [1.54, 1.807) is 18.2 Å². The van der Waals surface area contributed by atoms with Crippen molar-refractivity contribution in [3.05, 3.63) is 83.0 Å². The Bertz CT molecular complexity index is 1430. The lowest BCUT2D eigenvalue weighted by molar-refractivity contribution is 0.481. The second-order valence-corrected chi connectivity index (χ2v) is 10.4. The summed E-state index contributed by atoms with van der Waals surface area (Å²) in [6, 6.07) is 10.4. The monoisotopic (exact) mass is 502 g/mol. The Morgan fingerprint density at radius 3 is 2.15 bits per heavy atom. The van der Waals surface area contributed by atoms with E-state index in [2.05, 4.69) is 10.3 Å². The standard InChI is InChI=1S/C24H26N2O6S2/c1-4-25-19-9-6-17(7-10-19)24(18-8-13-22(26-5-2)16(3)14-18)21-12-11-20(33(27,28)29)15-23(21)34(30,31)32/h6-15,25H,4-5H2,1-3H3,(H,27,28,29)(H,30,31,32)/b24-18+,26-22?. The molecule has 0 spiro atoms. The predicted molar refractivity (Wildman–Crippen MR) is 134 cm³/mol. The summed E-state index contributed by atoms with van der Waals surface area (Å²) in [4.78, 5) is 3.16. The van der Waals surface area contributed by atoms with Gasteiger partial charge in [-0.3, -0.25) is 14.1 Å². The average Bonchev–Trinajstić information content (AvgIpc) is 2.76. The van der Waals surface area contributed by atoms with Gasteiger partial charge in [0.15, 0.2) is 0 Å². The number of nitrogens with one attached hydrogen (secondary N) is 1. The Balaban J connectivity index is 2.36. The summed E-state index contributed by atoms with van der Waals surface area (Å²) in [5, 5.41) is 3.19. The first-order valence-electron chi connectivity index (χ1n) is 10.5. The Morgan fingerprint density at radius 2 is 1.62 bits per heavy atom. The lowest BCUT2D eigenvalue weighted by atomic mass is 9.89. The van der Waals surface area contributed by atoms with Crippen molar-refractivity contribution in [1.82, 2.24) is 0 Å². The summed E-state index contributed by atoms with van der Waals surface area (Å²) < 4.78 is 67.2. The summed E-state index contributed by atoms with van der Waals surface area (Å²) in [6.07, 6.45) is 5.47. The Morgan fingerprint density at radius 1 is 0.941 bits per heavy atom. The third kappa shape index (κ3) is 5.71. The first-order chi connectivity index (χ1) is 16.0. The molecule has 2 aromatic carbocycles. The smallest absolute Gasteiger partial charge is 0.295 e. The van der Waals surface area contributed by atoms with E-state index in [0.717, 1.165) is 35.6 Å². The largest absolute Gasteiger partial charge is 0.385 e. The molecule has 34 heavy (non-hydrogen) atoms. The van der Waals surface area contributed by atoms with Crippen molar-refractivity contribution in [3.63, 3.8) is 0 Å². The van der Waals surface area contributed by atoms with Crippen LogP contribution in [-0.4, -0.2) is 44.7 Å². The maximum absolute atomic E-state index is 12.3. The number of anilines is 1. The van der Waals surface area contributed by atoms with Gasteiger partial charge < -0.3 is 5.32 Å². The molecule has 3 N–H and O–H groups in total. The van der Waals surface area contributed by atoms with Gasteiger partial charge in [0.05, 0.1) is 10.6 Å². The Labute approximate surface area is 199 Å². The zero-order valence-corrected chi connectivity index (χ0v) is 20.6. The molecule has 10 heteroatoms. The summed E-state index contributed by atoms with van der Waals surface area (Å²) in [6.45, 7) is 7.10. The molecule has 0 saturated heterocycles. The number of allylic oxidation sites excluding steroid dienone is 5. The normalized spacial score (nSPS) is 17.0. The van der Waals surface area contributed by atoms with Gasteiger partial charge in [0.25, 0.3) is 20.2 Å². The SMILES string of the molecule is CCN=C1C=C/C(=C(/c2ccc(NCC)cc2)c2ccc(S(=O)(=O)O)cc2S(=O)(=O)O)C=C1C. The van der Waals surface area contributed by atoms with E-state index in [0.29, 0.717) is 23.3 Å². The van der Waals surface area contributed by atoms with Gasteiger partial charge in [-0.25, -0.2) is 0 Å². The second-order valence-electron chi connectivity index (χ2n) is 7.57. The van der Waals surface area contributed by atoms with Crippen LogP contribution in [0.5, 0.6) is 0 Å². The van der Waals surface area contributed by atoms with Gasteiger partial charge in [0.2, 0.25) is 0 Å². The second kappa shape index (κ2) is 10.1. The molecule has 180 valence electrons. The molecule has 0 atom stereocenters. The third-order valence-corrected chi connectivity index (χ3v) is 6.91.